The first-order chi connectivity index (χ1) is 11.1. The Labute approximate surface area is 136 Å². The van der Waals surface area contributed by atoms with E-state index in [2.05, 4.69) is 10.1 Å². The Kier molecular flexibility index (Phi) is 6.40. The summed E-state index contributed by atoms with van der Waals surface area (Å²) in [6, 6.07) is 9.93. The van der Waals surface area contributed by atoms with Crippen LogP contribution in [0.3, 0.4) is 0 Å². The Bertz CT molecular complexity index is 513. The number of piperidine rings is 1. The average molecular weight is 320 g/mol. The molecule has 6 heteroatoms. The number of carbonyl (C=O) groups excluding carboxylic acids is 2. The maximum atomic E-state index is 12.0. The van der Waals surface area contributed by atoms with E-state index in [0.29, 0.717) is 19.5 Å². The SMILES string of the molecule is COC(=O)NCC(=O)N1CCC([C@@H](O)Cc2ccccc2)CC1. The van der Waals surface area contributed by atoms with Crippen LogP contribution in [0, 0.1) is 5.92 Å². The lowest BCUT2D eigenvalue weighted by Crippen LogP contribution is -2.45. The molecule has 2 rings (SSSR count). The third-order valence-corrected chi connectivity index (χ3v) is 4.29. The van der Waals surface area contributed by atoms with Gasteiger partial charge in [-0.15, -0.1) is 0 Å². The largest absolute Gasteiger partial charge is 0.453 e. The van der Waals surface area contributed by atoms with Crippen molar-refractivity contribution in [3.63, 3.8) is 0 Å². The van der Waals surface area contributed by atoms with Gasteiger partial charge in [-0.05, 0) is 30.7 Å². The number of hydrogen-bond acceptors (Lipinski definition) is 4. The molecule has 1 saturated heterocycles. The first-order valence-corrected chi connectivity index (χ1v) is 7.91. The molecule has 1 aliphatic heterocycles. The Morgan fingerprint density at radius 2 is 1.96 bits per heavy atom. The first-order valence-electron chi connectivity index (χ1n) is 7.91. The van der Waals surface area contributed by atoms with E-state index >= 15 is 0 Å². The molecule has 1 fully saturated rings. The number of benzene rings is 1. The van der Waals surface area contributed by atoms with Crippen LogP contribution in [-0.4, -0.2) is 54.9 Å². The molecule has 1 aliphatic rings. The van der Waals surface area contributed by atoms with Crippen molar-refractivity contribution in [2.75, 3.05) is 26.7 Å². The highest BCUT2D eigenvalue weighted by Gasteiger charge is 2.27. The number of likely N-dealkylation sites (tertiary alicyclic amines) is 1. The molecule has 2 N–H and O–H groups in total. The summed E-state index contributed by atoms with van der Waals surface area (Å²) >= 11 is 0. The van der Waals surface area contributed by atoms with Crippen LogP contribution in [0.25, 0.3) is 0 Å². The summed E-state index contributed by atoms with van der Waals surface area (Å²) in [6.07, 6.45) is 1.20. The van der Waals surface area contributed by atoms with Gasteiger partial charge in [0, 0.05) is 13.1 Å². The topological polar surface area (TPSA) is 78.9 Å². The maximum Gasteiger partial charge on any atom is 0.407 e. The number of nitrogens with zero attached hydrogens (tertiary/aromatic N) is 1. The molecule has 2 amide bonds. The summed E-state index contributed by atoms with van der Waals surface area (Å²) in [7, 11) is 1.26. The zero-order valence-corrected chi connectivity index (χ0v) is 13.4. The second kappa shape index (κ2) is 8.53. The third kappa shape index (κ3) is 5.25. The van der Waals surface area contributed by atoms with Gasteiger partial charge in [0.05, 0.1) is 13.2 Å². The van der Waals surface area contributed by atoms with Crippen molar-refractivity contribution in [3.8, 4) is 0 Å². The number of carbonyl (C=O) groups is 2. The van der Waals surface area contributed by atoms with Gasteiger partial charge in [-0.1, -0.05) is 30.3 Å². The highest BCUT2D eigenvalue weighted by Crippen LogP contribution is 2.23. The van der Waals surface area contributed by atoms with Gasteiger partial charge >= 0.3 is 6.09 Å². The summed E-state index contributed by atoms with van der Waals surface area (Å²) in [4.78, 5) is 24.7. The number of aliphatic hydroxyl groups excluding tert-OH is 1. The van der Waals surface area contributed by atoms with E-state index < -0.39 is 6.09 Å². The highest BCUT2D eigenvalue weighted by molar-refractivity contribution is 5.82. The van der Waals surface area contributed by atoms with Crippen molar-refractivity contribution in [1.82, 2.24) is 10.2 Å². The molecule has 1 aromatic rings. The van der Waals surface area contributed by atoms with Crippen molar-refractivity contribution in [3.05, 3.63) is 35.9 Å². The smallest absolute Gasteiger partial charge is 0.407 e. The number of amides is 2. The van der Waals surface area contributed by atoms with E-state index in [-0.39, 0.29) is 24.5 Å². The number of rotatable bonds is 5. The fraction of sp³-hybridized carbons (Fsp3) is 0.529. The molecule has 0 aromatic heterocycles. The summed E-state index contributed by atoms with van der Waals surface area (Å²) in [5.41, 5.74) is 1.13. The summed E-state index contributed by atoms with van der Waals surface area (Å²) in [5, 5.41) is 12.8. The number of ether oxygens (including phenoxy) is 1. The quantitative estimate of drug-likeness (QED) is 0.854. The Balaban J connectivity index is 1.74. The monoisotopic (exact) mass is 320 g/mol. The van der Waals surface area contributed by atoms with Gasteiger partial charge in [0.15, 0.2) is 0 Å². The van der Waals surface area contributed by atoms with Crippen molar-refractivity contribution >= 4 is 12.0 Å². The number of alkyl carbamates (subject to hydrolysis) is 1. The van der Waals surface area contributed by atoms with Crippen LogP contribution in [-0.2, 0) is 16.0 Å². The molecule has 0 aliphatic carbocycles. The molecule has 23 heavy (non-hydrogen) atoms. The lowest BCUT2D eigenvalue weighted by Gasteiger charge is -2.34. The van der Waals surface area contributed by atoms with Crippen molar-refractivity contribution < 1.29 is 19.4 Å². The molecule has 0 unspecified atom stereocenters. The molecule has 126 valence electrons. The summed E-state index contributed by atoms with van der Waals surface area (Å²) in [6.45, 7) is 1.17. The van der Waals surface area contributed by atoms with Crippen LogP contribution < -0.4 is 5.32 Å². The van der Waals surface area contributed by atoms with Gasteiger partial charge in [0.1, 0.15) is 6.54 Å². The minimum Gasteiger partial charge on any atom is -0.453 e. The molecular formula is C17H24N2O4. The molecular weight excluding hydrogens is 296 g/mol. The van der Waals surface area contributed by atoms with E-state index in [1.807, 2.05) is 30.3 Å². The lowest BCUT2D eigenvalue weighted by molar-refractivity contribution is -0.132. The van der Waals surface area contributed by atoms with E-state index in [1.165, 1.54) is 7.11 Å². The Hall–Kier alpha value is -2.08. The van der Waals surface area contributed by atoms with Crippen LogP contribution in [0.1, 0.15) is 18.4 Å². The van der Waals surface area contributed by atoms with Gasteiger partial charge in [-0.2, -0.15) is 0 Å². The fourth-order valence-electron chi connectivity index (χ4n) is 2.89. The van der Waals surface area contributed by atoms with E-state index in [1.54, 1.807) is 4.90 Å². The number of aliphatic hydroxyl groups is 1. The van der Waals surface area contributed by atoms with E-state index in [4.69, 9.17) is 0 Å². The Morgan fingerprint density at radius 3 is 2.57 bits per heavy atom. The number of methoxy groups -OCH3 is 1. The fourth-order valence-corrected chi connectivity index (χ4v) is 2.89. The van der Waals surface area contributed by atoms with E-state index in [0.717, 1.165) is 18.4 Å². The zero-order chi connectivity index (χ0) is 16.7. The second-order valence-corrected chi connectivity index (χ2v) is 5.82. The normalized spacial score (nSPS) is 16.7. The molecule has 0 spiro atoms. The summed E-state index contributed by atoms with van der Waals surface area (Å²) in [5.74, 6) is 0.0826. The molecule has 0 radical (unpaired) electrons. The van der Waals surface area contributed by atoms with Gasteiger partial charge in [0.25, 0.3) is 0 Å². The van der Waals surface area contributed by atoms with Crippen LogP contribution in [0.5, 0.6) is 0 Å². The van der Waals surface area contributed by atoms with Gasteiger partial charge < -0.3 is 20.1 Å². The molecule has 0 bridgehead atoms. The van der Waals surface area contributed by atoms with Crippen LogP contribution in [0.4, 0.5) is 4.79 Å². The van der Waals surface area contributed by atoms with Gasteiger partial charge in [0.2, 0.25) is 5.91 Å². The lowest BCUT2D eigenvalue weighted by atomic mass is 9.88. The van der Waals surface area contributed by atoms with E-state index in [9.17, 15) is 14.7 Å². The van der Waals surface area contributed by atoms with Crippen LogP contribution in [0.15, 0.2) is 30.3 Å². The average Bonchev–Trinajstić information content (AvgIpc) is 2.60. The van der Waals surface area contributed by atoms with Gasteiger partial charge in [-0.3, -0.25) is 4.79 Å². The minimum absolute atomic E-state index is 0.0517. The standard InChI is InChI=1S/C17H24N2O4/c1-23-17(22)18-12-16(21)19-9-7-14(8-10-19)15(20)11-13-5-3-2-4-6-13/h2-6,14-15,20H,7-12H2,1H3,(H,18,22)/t15-/m0/s1. The van der Waals surface area contributed by atoms with Crippen molar-refractivity contribution in [2.24, 2.45) is 5.92 Å². The van der Waals surface area contributed by atoms with Crippen LogP contribution in [0.2, 0.25) is 0 Å². The predicted octanol–water partition coefficient (Wildman–Crippen LogP) is 1.18. The number of nitrogens with one attached hydrogen (secondary N) is 1. The Morgan fingerprint density at radius 1 is 1.30 bits per heavy atom. The van der Waals surface area contributed by atoms with Crippen LogP contribution >= 0.6 is 0 Å². The van der Waals surface area contributed by atoms with Crippen molar-refractivity contribution in [1.29, 1.82) is 0 Å². The number of hydrogen-bond donors (Lipinski definition) is 2. The second-order valence-electron chi connectivity index (χ2n) is 5.82. The first kappa shape index (κ1) is 17.3. The van der Waals surface area contributed by atoms with Crippen molar-refractivity contribution in [2.45, 2.75) is 25.4 Å². The molecule has 6 nitrogen and oxygen atoms in total. The molecule has 0 saturated carbocycles. The summed E-state index contributed by atoms with van der Waals surface area (Å²) < 4.78 is 4.44. The minimum atomic E-state index is -0.605. The molecule has 1 heterocycles. The third-order valence-electron chi connectivity index (χ3n) is 4.29. The zero-order valence-electron chi connectivity index (χ0n) is 13.4. The van der Waals surface area contributed by atoms with Gasteiger partial charge in [-0.25, -0.2) is 4.79 Å². The predicted molar refractivity (Wildman–Crippen MR) is 85.9 cm³/mol. The highest BCUT2D eigenvalue weighted by atomic mass is 16.5. The molecule has 1 atom stereocenters. The molecule has 1 aromatic carbocycles. The maximum absolute atomic E-state index is 12.0.